The summed E-state index contributed by atoms with van der Waals surface area (Å²) < 4.78 is 57.1. The predicted octanol–water partition coefficient (Wildman–Crippen LogP) is 4.54. The van der Waals surface area contributed by atoms with E-state index < -0.39 is 21.8 Å². The quantitative estimate of drug-likeness (QED) is 0.175. The number of nitrogens with two attached hydrogens (primary N) is 1. The normalized spacial score (nSPS) is 14.2. The smallest absolute Gasteiger partial charge is 0.299 e. The van der Waals surface area contributed by atoms with E-state index in [0.29, 0.717) is 54.1 Å². The molecule has 6 rings (SSSR count). The van der Waals surface area contributed by atoms with Gasteiger partial charge in [-0.25, -0.2) is 14.1 Å². The number of aryl methyl sites for hydroxylation is 2. The van der Waals surface area contributed by atoms with Crippen molar-refractivity contribution in [1.82, 2.24) is 24.5 Å². The van der Waals surface area contributed by atoms with E-state index in [1.54, 1.807) is 50.2 Å². The minimum absolute atomic E-state index is 0.0448. The average Bonchev–Trinajstić information content (AvgIpc) is 3.57. The highest BCUT2D eigenvalue weighted by molar-refractivity contribution is 7.90. The summed E-state index contributed by atoms with van der Waals surface area (Å²) in [6.45, 7) is 4.59. The molecule has 3 aromatic heterocycles. The molecule has 1 saturated heterocycles. The lowest BCUT2D eigenvalue weighted by atomic mass is 10.1. The Kier molecular flexibility index (Phi) is 7.80. The highest BCUT2D eigenvalue weighted by Crippen LogP contribution is 2.29. The molecular formula is C30H30FN7O5S. The second-order valence-corrected chi connectivity index (χ2v) is 12.0. The van der Waals surface area contributed by atoms with Gasteiger partial charge in [0.15, 0.2) is 11.6 Å². The van der Waals surface area contributed by atoms with Crippen molar-refractivity contribution in [2.75, 3.05) is 23.7 Å². The number of H-pyrrole nitrogens is 1. The molecule has 14 heteroatoms. The van der Waals surface area contributed by atoms with E-state index >= 15 is 0 Å². The first-order valence-electron chi connectivity index (χ1n) is 13.9. The molecule has 12 nitrogen and oxygen atoms in total. The Morgan fingerprint density at radius 3 is 2.64 bits per heavy atom. The van der Waals surface area contributed by atoms with E-state index in [4.69, 9.17) is 15.2 Å². The van der Waals surface area contributed by atoms with Crippen LogP contribution in [0.3, 0.4) is 0 Å². The molecule has 1 aliphatic heterocycles. The van der Waals surface area contributed by atoms with Crippen LogP contribution in [-0.4, -0.2) is 53.2 Å². The molecule has 5 N–H and O–H groups in total. The van der Waals surface area contributed by atoms with E-state index in [2.05, 4.69) is 24.5 Å². The molecule has 0 spiro atoms. The molecule has 0 amide bonds. The van der Waals surface area contributed by atoms with Crippen molar-refractivity contribution in [3.63, 3.8) is 0 Å². The van der Waals surface area contributed by atoms with E-state index in [0.717, 1.165) is 5.39 Å². The Balaban J connectivity index is 1.21. The number of fused-ring (bicyclic) bond motifs is 1. The van der Waals surface area contributed by atoms with Gasteiger partial charge < -0.3 is 20.2 Å². The van der Waals surface area contributed by atoms with Crippen LogP contribution in [0, 0.1) is 19.7 Å². The number of rotatable bonds is 9. The van der Waals surface area contributed by atoms with Gasteiger partial charge in [0.05, 0.1) is 35.0 Å². The Morgan fingerprint density at radius 2 is 1.89 bits per heavy atom. The van der Waals surface area contributed by atoms with Crippen LogP contribution in [-0.2, 0) is 14.9 Å². The second-order valence-electron chi connectivity index (χ2n) is 10.6. The van der Waals surface area contributed by atoms with Gasteiger partial charge in [-0.15, -0.1) is 0 Å². The molecule has 0 bridgehead atoms. The number of ketones is 1. The molecule has 0 aliphatic carbocycles. The maximum atomic E-state index is 14.0. The van der Waals surface area contributed by atoms with Crippen LogP contribution in [0.4, 0.5) is 15.9 Å². The molecule has 1 aliphatic rings. The van der Waals surface area contributed by atoms with Crippen LogP contribution >= 0.6 is 0 Å². The van der Waals surface area contributed by atoms with E-state index in [1.807, 2.05) is 0 Å². The fourth-order valence-corrected chi connectivity index (χ4v) is 6.29. The van der Waals surface area contributed by atoms with Crippen molar-refractivity contribution in [2.45, 2.75) is 32.7 Å². The number of nitrogens with zero attached hydrogens (tertiary/aromatic N) is 3. The highest BCUT2D eigenvalue weighted by Gasteiger charge is 2.23. The van der Waals surface area contributed by atoms with Gasteiger partial charge in [-0.1, -0.05) is 12.1 Å². The number of para-hydroxylation sites is 1. The number of benzene rings is 2. The van der Waals surface area contributed by atoms with Crippen LogP contribution in [0.1, 0.15) is 40.0 Å². The third-order valence-corrected chi connectivity index (χ3v) is 8.52. The Morgan fingerprint density at radius 1 is 1.11 bits per heavy atom. The topological polar surface area (TPSA) is 166 Å². The van der Waals surface area contributed by atoms with Gasteiger partial charge >= 0.3 is 0 Å². The number of carbonyl (C=O) groups is 1. The number of anilines is 2. The number of nitrogens with one attached hydrogen (secondary N) is 3. The monoisotopic (exact) mass is 619 g/mol. The molecule has 4 heterocycles. The van der Waals surface area contributed by atoms with Crippen molar-refractivity contribution in [2.24, 2.45) is 0 Å². The minimum Gasteiger partial charge on any atom is -0.436 e. The minimum atomic E-state index is -3.82. The number of aromatic nitrogens is 4. The van der Waals surface area contributed by atoms with Gasteiger partial charge in [-0.3, -0.25) is 9.52 Å². The van der Waals surface area contributed by atoms with E-state index in [-0.39, 0.29) is 34.7 Å². The van der Waals surface area contributed by atoms with Crippen LogP contribution in [0.25, 0.3) is 16.6 Å². The fourth-order valence-electron chi connectivity index (χ4n) is 5.05. The van der Waals surface area contributed by atoms with Gasteiger partial charge in [0, 0.05) is 36.2 Å². The number of aromatic amines is 1. The maximum absolute atomic E-state index is 14.0. The van der Waals surface area contributed by atoms with Crippen molar-refractivity contribution < 1.29 is 27.1 Å². The summed E-state index contributed by atoms with van der Waals surface area (Å²) in [5, 5.41) is 5.04. The summed E-state index contributed by atoms with van der Waals surface area (Å²) in [5.74, 6) is -0.569. The zero-order chi connectivity index (χ0) is 31.0. The van der Waals surface area contributed by atoms with Crippen LogP contribution in [0.2, 0.25) is 0 Å². The number of hydrogen-bond acceptors (Lipinski definition) is 8. The summed E-state index contributed by atoms with van der Waals surface area (Å²) in [7, 11) is -3.82. The molecule has 44 heavy (non-hydrogen) atoms. The molecule has 228 valence electrons. The lowest BCUT2D eigenvalue weighted by Crippen LogP contribution is -2.41. The van der Waals surface area contributed by atoms with E-state index in [9.17, 15) is 17.6 Å². The highest BCUT2D eigenvalue weighted by atomic mass is 32.2. The number of halogens is 1. The van der Waals surface area contributed by atoms with Crippen LogP contribution in [0.5, 0.6) is 11.6 Å². The molecule has 0 unspecified atom stereocenters. The number of ether oxygens (including phenoxy) is 2. The Hall–Kier alpha value is -4.79. The van der Waals surface area contributed by atoms with Crippen molar-refractivity contribution in [3.05, 3.63) is 89.1 Å². The summed E-state index contributed by atoms with van der Waals surface area (Å²) in [6.07, 6.45) is 4.06. The van der Waals surface area contributed by atoms with Gasteiger partial charge in [0.25, 0.3) is 10.2 Å². The summed E-state index contributed by atoms with van der Waals surface area (Å²) >= 11 is 0. The molecular weight excluding hydrogens is 589 g/mol. The van der Waals surface area contributed by atoms with Gasteiger partial charge in [-0.05, 0) is 68.1 Å². The zero-order valence-corrected chi connectivity index (χ0v) is 24.7. The first kappa shape index (κ1) is 29.3. The number of nitrogen functional groups attached to an aromatic ring is 1. The van der Waals surface area contributed by atoms with Crippen molar-refractivity contribution in [3.8, 4) is 17.3 Å². The lowest BCUT2D eigenvalue weighted by molar-refractivity contribution is 0.0832. The summed E-state index contributed by atoms with van der Waals surface area (Å²) in [4.78, 5) is 20.8. The number of pyridine rings is 1. The molecule has 0 atom stereocenters. The summed E-state index contributed by atoms with van der Waals surface area (Å²) in [6, 6.07) is 12.6. The van der Waals surface area contributed by atoms with Gasteiger partial charge in [0.1, 0.15) is 5.82 Å². The van der Waals surface area contributed by atoms with Crippen molar-refractivity contribution in [1.29, 1.82) is 0 Å². The summed E-state index contributed by atoms with van der Waals surface area (Å²) in [5.41, 5.74) is 9.64. The zero-order valence-electron chi connectivity index (χ0n) is 23.9. The molecule has 5 aromatic rings. The van der Waals surface area contributed by atoms with E-state index in [1.165, 1.54) is 29.2 Å². The number of carbonyl (C=O) groups excluding carboxylic acids is 1. The van der Waals surface area contributed by atoms with Crippen molar-refractivity contribution >= 4 is 38.4 Å². The predicted molar refractivity (Wildman–Crippen MR) is 163 cm³/mol. The molecule has 0 saturated carbocycles. The Bertz CT molecular complexity index is 1980. The van der Waals surface area contributed by atoms with Crippen LogP contribution in [0.15, 0.2) is 60.9 Å². The SMILES string of the molecule is Cc1cc2cc(C(=O)c3cnn(-c4cnc(Oc5ccccc5F)cc4C)c3N)[nH]c2cc1NS(=O)(=O)NC1CCOCC1. The fraction of sp³-hybridized carbons (Fsp3) is 0.233. The second kappa shape index (κ2) is 11.7. The molecule has 1 fully saturated rings. The molecule has 0 radical (unpaired) electrons. The van der Waals surface area contributed by atoms with Crippen LogP contribution < -0.4 is 19.9 Å². The lowest BCUT2D eigenvalue weighted by Gasteiger charge is -2.23. The standard InChI is InChI=1S/C30H30FN7O5S/c1-17-11-19-13-25(35-24(19)14-23(17)37-44(40,41)36-20-7-9-42-10-8-20)29(39)21-15-34-38(30(21)32)26-16-33-28(12-18(26)2)43-27-6-4-3-5-22(27)31/h3-6,11-16,20,35-37H,7-10,32H2,1-2H3. The van der Waals surface area contributed by atoms with Gasteiger partial charge in [-0.2, -0.15) is 18.2 Å². The number of hydrogen-bond donors (Lipinski definition) is 4. The largest absolute Gasteiger partial charge is 0.436 e. The molecule has 2 aromatic carbocycles. The third kappa shape index (κ3) is 6.00. The third-order valence-electron chi connectivity index (χ3n) is 7.39. The first-order valence-corrected chi connectivity index (χ1v) is 15.3. The Labute approximate surface area is 252 Å². The average molecular weight is 620 g/mol. The van der Waals surface area contributed by atoms with Gasteiger partial charge in [0.2, 0.25) is 11.7 Å². The first-order chi connectivity index (χ1) is 21.1. The maximum Gasteiger partial charge on any atom is 0.299 e.